The maximum Gasteiger partial charge on any atom is 0.244 e. The third-order valence-electron chi connectivity index (χ3n) is 6.84. The van der Waals surface area contributed by atoms with Gasteiger partial charge in [0.1, 0.15) is 6.04 Å². The molecule has 0 aromatic rings. The van der Waals surface area contributed by atoms with Crippen LogP contribution in [0.1, 0.15) is 53.4 Å². The average molecular weight is 412 g/mol. The highest BCUT2D eigenvalue weighted by atomic mass is 32.2. The Morgan fingerprint density at radius 2 is 2.00 bits per heavy atom. The van der Waals surface area contributed by atoms with E-state index in [2.05, 4.69) is 17.6 Å². The van der Waals surface area contributed by atoms with Gasteiger partial charge in [0.05, 0.1) is 29.2 Å². The molecule has 0 aromatic heterocycles. The Bertz CT molecular complexity index is 674. The minimum absolute atomic E-state index is 0.0169. The van der Waals surface area contributed by atoms with Crippen molar-refractivity contribution in [1.29, 1.82) is 0 Å². The van der Waals surface area contributed by atoms with Crippen LogP contribution in [-0.2, 0) is 14.4 Å². The highest BCUT2D eigenvalue weighted by Gasteiger charge is 2.77. The van der Waals surface area contributed by atoms with Gasteiger partial charge in [0.25, 0.3) is 0 Å². The van der Waals surface area contributed by atoms with Gasteiger partial charge in [-0.1, -0.05) is 13.3 Å². The Morgan fingerprint density at radius 3 is 2.57 bits per heavy atom. The molecule has 0 radical (unpaired) electrons. The lowest BCUT2D eigenvalue weighted by atomic mass is 9.66. The summed E-state index contributed by atoms with van der Waals surface area (Å²) in [4.78, 5) is 41.2. The average Bonchev–Trinajstić information content (AvgIpc) is 3.21. The summed E-state index contributed by atoms with van der Waals surface area (Å²) in [6, 6.07) is -1.11. The summed E-state index contributed by atoms with van der Waals surface area (Å²) in [6.07, 6.45) is 3.35. The van der Waals surface area contributed by atoms with Crippen LogP contribution < -0.4 is 10.6 Å². The molecule has 0 saturated carbocycles. The van der Waals surface area contributed by atoms with Crippen LogP contribution in [0.25, 0.3) is 0 Å². The fourth-order valence-corrected chi connectivity index (χ4v) is 7.95. The molecule has 0 aliphatic carbocycles. The van der Waals surface area contributed by atoms with Gasteiger partial charge in [-0.15, -0.1) is 11.8 Å². The molecule has 7 atom stereocenters. The number of nitrogens with zero attached hydrogens (tertiary/aromatic N) is 1. The van der Waals surface area contributed by atoms with Crippen molar-refractivity contribution in [2.75, 3.05) is 13.7 Å². The molecule has 3 rings (SSSR count). The zero-order valence-corrected chi connectivity index (χ0v) is 18.3. The highest BCUT2D eigenvalue weighted by Crippen LogP contribution is 2.71. The molecule has 8 heteroatoms. The minimum Gasteiger partial charge on any atom is -0.394 e. The van der Waals surface area contributed by atoms with Crippen molar-refractivity contribution in [2.45, 2.75) is 81.0 Å². The second-order valence-electron chi connectivity index (χ2n) is 8.82. The van der Waals surface area contributed by atoms with Crippen molar-refractivity contribution in [3.63, 3.8) is 0 Å². The maximum absolute atomic E-state index is 13.5. The number of carbonyl (C=O) groups excluding carboxylic acids is 3. The van der Waals surface area contributed by atoms with E-state index >= 15 is 0 Å². The summed E-state index contributed by atoms with van der Waals surface area (Å²) in [5.41, 5.74) is 0. The fraction of sp³-hybridized carbons (Fsp3) is 0.850. The van der Waals surface area contributed by atoms with Crippen molar-refractivity contribution in [1.82, 2.24) is 15.5 Å². The number of thioether (sulfide) groups is 1. The molecule has 3 aliphatic heterocycles. The smallest absolute Gasteiger partial charge is 0.244 e. The molecule has 7 nitrogen and oxygen atoms in total. The van der Waals surface area contributed by atoms with Crippen LogP contribution in [0.3, 0.4) is 0 Å². The SMILES string of the molecule is CCCC(C)NC(=O)C1N([C@H](C)CO)C(=O)[C@@H]2[C@@H](C(=O)NC)[C@@]3(C)CCC12S3. The Kier molecular flexibility index (Phi) is 5.75. The predicted octanol–water partition coefficient (Wildman–Crippen LogP) is 0.899. The van der Waals surface area contributed by atoms with Gasteiger partial charge in [-0.2, -0.15) is 0 Å². The third kappa shape index (κ3) is 2.95. The summed E-state index contributed by atoms with van der Waals surface area (Å²) in [5.74, 6) is -1.45. The molecule has 3 heterocycles. The Hall–Kier alpha value is -1.28. The molecule has 28 heavy (non-hydrogen) atoms. The quantitative estimate of drug-likeness (QED) is 0.578. The number of carbonyl (C=O) groups is 3. The van der Waals surface area contributed by atoms with Crippen molar-refractivity contribution < 1.29 is 19.5 Å². The van der Waals surface area contributed by atoms with Crippen molar-refractivity contribution >= 4 is 29.5 Å². The number of nitrogens with one attached hydrogen (secondary N) is 2. The standard InChI is InChI=1S/C20H33N3O4S/c1-6-7-11(2)22-17(26)15-20-9-8-19(4,28-20)13(16(25)21-5)14(20)18(27)23(15)12(3)10-24/h11-15,24H,6-10H2,1-5H3,(H,21,25)(H,22,26)/t11?,12-,13+,14+,15?,19-,20?/m1/s1. The zero-order chi connectivity index (χ0) is 20.9. The van der Waals surface area contributed by atoms with Crippen LogP contribution in [0.4, 0.5) is 0 Å². The van der Waals surface area contributed by atoms with E-state index in [9.17, 15) is 19.5 Å². The highest BCUT2D eigenvalue weighted by molar-refractivity contribution is 8.02. The van der Waals surface area contributed by atoms with Crippen molar-refractivity contribution in [2.24, 2.45) is 11.8 Å². The lowest BCUT2D eigenvalue weighted by Crippen LogP contribution is -2.57. The van der Waals surface area contributed by atoms with E-state index in [0.29, 0.717) is 0 Å². The number of fused-ring (bicyclic) bond motifs is 1. The second-order valence-corrected chi connectivity index (χ2v) is 10.7. The Balaban J connectivity index is 2.03. The van der Waals surface area contributed by atoms with Crippen molar-refractivity contribution in [3.8, 4) is 0 Å². The number of hydrogen-bond donors (Lipinski definition) is 3. The second kappa shape index (κ2) is 7.52. The number of aliphatic hydroxyl groups is 1. The lowest BCUT2D eigenvalue weighted by Gasteiger charge is -2.36. The summed E-state index contributed by atoms with van der Waals surface area (Å²) >= 11 is 1.65. The van der Waals surface area contributed by atoms with Crippen LogP contribution in [-0.4, -0.2) is 69.0 Å². The largest absolute Gasteiger partial charge is 0.394 e. The molecule has 3 fully saturated rings. The monoisotopic (exact) mass is 411 g/mol. The topological polar surface area (TPSA) is 98.7 Å². The number of rotatable bonds is 7. The van der Waals surface area contributed by atoms with Gasteiger partial charge in [0.15, 0.2) is 0 Å². The molecule has 158 valence electrons. The molecule has 3 aliphatic rings. The predicted molar refractivity (Wildman–Crippen MR) is 109 cm³/mol. The van der Waals surface area contributed by atoms with E-state index in [-0.39, 0.29) is 35.1 Å². The first kappa shape index (κ1) is 21.4. The molecule has 0 aromatic carbocycles. The van der Waals surface area contributed by atoms with Crippen LogP contribution >= 0.6 is 11.8 Å². The van der Waals surface area contributed by atoms with E-state index in [0.717, 1.165) is 25.7 Å². The van der Waals surface area contributed by atoms with Crippen LogP contribution in [0.5, 0.6) is 0 Å². The van der Waals surface area contributed by atoms with Gasteiger partial charge >= 0.3 is 0 Å². The van der Waals surface area contributed by atoms with E-state index in [1.165, 1.54) is 0 Å². The van der Waals surface area contributed by atoms with Gasteiger partial charge < -0.3 is 20.6 Å². The zero-order valence-electron chi connectivity index (χ0n) is 17.4. The molecular formula is C20H33N3O4S. The van der Waals surface area contributed by atoms with Gasteiger partial charge in [-0.05, 0) is 40.0 Å². The van der Waals surface area contributed by atoms with Gasteiger partial charge in [0, 0.05) is 17.8 Å². The summed E-state index contributed by atoms with van der Waals surface area (Å²) < 4.78 is -0.953. The maximum atomic E-state index is 13.5. The molecular weight excluding hydrogens is 378 g/mol. The number of aliphatic hydroxyl groups excluding tert-OH is 1. The van der Waals surface area contributed by atoms with E-state index in [4.69, 9.17) is 0 Å². The first-order chi connectivity index (χ1) is 13.2. The van der Waals surface area contributed by atoms with Gasteiger partial charge in [-0.3, -0.25) is 14.4 Å². The number of amides is 3. The number of hydrogen-bond acceptors (Lipinski definition) is 5. The van der Waals surface area contributed by atoms with Crippen LogP contribution in [0.2, 0.25) is 0 Å². The normalized spacial score (nSPS) is 38.3. The Labute approximate surface area is 171 Å². The first-order valence-corrected chi connectivity index (χ1v) is 11.1. The van der Waals surface area contributed by atoms with Crippen molar-refractivity contribution in [3.05, 3.63) is 0 Å². The summed E-state index contributed by atoms with van der Waals surface area (Å²) in [5, 5.41) is 15.6. The molecule has 1 spiro atoms. The fourth-order valence-electron chi connectivity index (χ4n) is 5.61. The summed E-state index contributed by atoms with van der Waals surface area (Å²) in [7, 11) is 1.60. The first-order valence-electron chi connectivity index (χ1n) is 10.3. The molecule has 3 N–H and O–H groups in total. The molecule has 3 amide bonds. The summed E-state index contributed by atoms with van der Waals surface area (Å²) in [6.45, 7) is 7.64. The van der Waals surface area contributed by atoms with E-state index in [1.807, 2.05) is 13.8 Å². The van der Waals surface area contributed by atoms with Crippen LogP contribution in [0.15, 0.2) is 0 Å². The van der Waals surface area contributed by atoms with Gasteiger partial charge in [0.2, 0.25) is 17.7 Å². The Morgan fingerprint density at radius 1 is 1.32 bits per heavy atom. The van der Waals surface area contributed by atoms with E-state index in [1.54, 1.807) is 30.6 Å². The minimum atomic E-state index is -0.659. The van der Waals surface area contributed by atoms with Gasteiger partial charge in [-0.25, -0.2) is 0 Å². The molecule has 2 bridgehead atoms. The van der Waals surface area contributed by atoms with Crippen LogP contribution in [0, 0.1) is 11.8 Å². The number of likely N-dealkylation sites (tertiary alicyclic amines) is 1. The molecule has 3 unspecified atom stereocenters. The lowest BCUT2D eigenvalue weighted by molar-refractivity contribution is -0.143. The third-order valence-corrected chi connectivity index (χ3v) is 8.83. The van der Waals surface area contributed by atoms with E-state index < -0.39 is 28.7 Å². The molecule has 3 saturated heterocycles.